The third kappa shape index (κ3) is 6.59. The highest BCUT2D eigenvalue weighted by molar-refractivity contribution is 6.02. The van der Waals surface area contributed by atoms with Crippen molar-refractivity contribution in [1.29, 1.82) is 0 Å². The predicted molar refractivity (Wildman–Crippen MR) is 131 cm³/mol. The summed E-state index contributed by atoms with van der Waals surface area (Å²) in [4.78, 5) is 40.8. The summed E-state index contributed by atoms with van der Waals surface area (Å²) in [6.07, 6.45) is 7.72. The Balaban J connectivity index is 1.25. The van der Waals surface area contributed by atoms with Gasteiger partial charge in [-0.1, -0.05) is 43.0 Å². The van der Waals surface area contributed by atoms with Crippen LogP contribution in [0.25, 0.3) is 0 Å². The van der Waals surface area contributed by atoms with Gasteiger partial charge in [0.15, 0.2) is 11.6 Å². The van der Waals surface area contributed by atoms with Gasteiger partial charge in [-0.2, -0.15) is 4.98 Å². The predicted octanol–water partition coefficient (Wildman–Crippen LogP) is 3.85. The molecular weight excluding hydrogens is 462 g/mol. The highest BCUT2D eigenvalue weighted by Gasteiger charge is 2.38. The second-order valence-electron chi connectivity index (χ2n) is 9.09. The molecule has 4 rings (SSSR count). The topological polar surface area (TPSA) is 139 Å². The Hall–Kier alpha value is -3.95. The minimum Gasteiger partial charge on any atom is -0.459 e. The molecule has 1 saturated carbocycles. The molecule has 0 spiro atoms. The standard InChI is InChI=1S/C26H31N5O5/c1-18(32)30-26(14-4-2-3-5-15-26)25-29-23(36-31-25)13-12-22(33)27-17-19-8-10-20(11-9-19)28-24(34)21-7-6-16-35-21/h6-11,16H,2-5,12-15,17H2,1H3,(H,27,33)(H,28,34)(H,30,32). The van der Waals surface area contributed by atoms with Gasteiger partial charge in [-0.25, -0.2) is 0 Å². The lowest BCUT2D eigenvalue weighted by Crippen LogP contribution is -2.45. The molecule has 3 amide bonds. The largest absolute Gasteiger partial charge is 0.459 e. The van der Waals surface area contributed by atoms with E-state index in [1.165, 1.54) is 13.2 Å². The number of hydrogen-bond donors (Lipinski definition) is 3. The number of anilines is 1. The maximum atomic E-state index is 12.4. The quantitative estimate of drug-likeness (QED) is 0.385. The molecule has 1 fully saturated rings. The number of nitrogens with one attached hydrogen (secondary N) is 3. The molecule has 10 heteroatoms. The molecule has 0 atom stereocenters. The van der Waals surface area contributed by atoms with Crippen molar-refractivity contribution in [1.82, 2.24) is 20.8 Å². The molecule has 0 saturated heterocycles. The Morgan fingerprint density at radius 1 is 1.03 bits per heavy atom. The second-order valence-corrected chi connectivity index (χ2v) is 9.09. The first-order chi connectivity index (χ1) is 17.4. The number of benzene rings is 1. The number of aromatic nitrogens is 2. The van der Waals surface area contributed by atoms with Crippen LogP contribution < -0.4 is 16.0 Å². The molecule has 0 unspecified atom stereocenters. The van der Waals surface area contributed by atoms with E-state index in [0.29, 0.717) is 30.4 Å². The summed E-state index contributed by atoms with van der Waals surface area (Å²) >= 11 is 0. The molecule has 0 radical (unpaired) electrons. The van der Waals surface area contributed by atoms with Gasteiger partial charge in [0.25, 0.3) is 5.91 Å². The molecule has 36 heavy (non-hydrogen) atoms. The molecule has 0 bridgehead atoms. The zero-order valence-corrected chi connectivity index (χ0v) is 20.3. The number of carbonyl (C=O) groups is 3. The molecule has 2 heterocycles. The summed E-state index contributed by atoms with van der Waals surface area (Å²) in [6, 6.07) is 10.4. The maximum absolute atomic E-state index is 12.4. The third-order valence-electron chi connectivity index (χ3n) is 6.28. The van der Waals surface area contributed by atoms with E-state index in [4.69, 9.17) is 8.94 Å². The van der Waals surface area contributed by atoms with Crippen molar-refractivity contribution in [3.8, 4) is 0 Å². The van der Waals surface area contributed by atoms with Gasteiger partial charge in [-0.3, -0.25) is 14.4 Å². The van der Waals surface area contributed by atoms with E-state index >= 15 is 0 Å². The van der Waals surface area contributed by atoms with Crippen LogP contribution in [0.2, 0.25) is 0 Å². The van der Waals surface area contributed by atoms with Crippen molar-refractivity contribution in [2.45, 2.75) is 70.4 Å². The SMILES string of the molecule is CC(=O)NC1(c2noc(CCC(=O)NCc3ccc(NC(=O)c4ccco4)cc3)n2)CCCCCC1. The second kappa shape index (κ2) is 11.7. The van der Waals surface area contributed by atoms with E-state index in [2.05, 4.69) is 26.1 Å². The van der Waals surface area contributed by atoms with Crippen LogP contribution in [-0.2, 0) is 28.1 Å². The summed E-state index contributed by atoms with van der Waals surface area (Å²) in [5, 5.41) is 12.8. The molecule has 2 aromatic heterocycles. The summed E-state index contributed by atoms with van der Waals surface area (Å²) in [5.74, 6) is 0.526. The zero-order chi connectivity index (χ0) is 25.4. The van der Waals surface area contributed by atoms with Gasteiger partial charge in [0.05, 0.1) is 6.26 Å². The average Bonchev–Trinajstić information content (AvgIpc) is 3.52. The maximum Gasteiger partial charge on any atom is 0.291 e. The minimum atomic E-state index is -0.601. The van der Waals surface area contributed by atoms with Gasteiger partial charge in [-0.15, -0.1) is 0 Å². The fourth-order valence-electron chi connectivity index (χ4n) is 4.44. The Morgan fingerprint density at radius 2 is 1.78 bits per heavy atom. The van der Waals surface area contributed by atoms with Crippen molar-refractivity contribution < 1.29 is 23.3 Å². The molecule has 10 nitrogen and oxygen atoms in total. The number of furan rings is 1. The zero-order valence-electron chi connectivity index (χ0n) is 20.3. The Kier molecular flexibility index (Phi) is 8.14. The summed E-state index contributed by atoms with van der Waals surface area (Å²) in [6.45, 7) is 1.86. The van der Waals surface area contributed by atoms with E-state index in [1.807, 2.05) is 12.1 Å². The van der Waals surface area contributed by atoms with E-state index in [1.54, 1.807) is 24.3 Å². The normalized spacial score (nSPS) is 15.0. The Labute approximate surface area is 209 Å². The van der Waals surface area contributed by atoms with E-state index in [9.17, 15) is 14.4 Å². The first-order valence-electron chi connectivity index (χ1n) is 12.3. The van der Waals surface area contributed by atoms with Gasteiger partial charge < -0.3 is 24.9 Å². The number of aryl methyl sites for hydroxylation is 1. The Bertz CT molecular complexity index is 1160. The summed E-state index contributed by atoms with van der Waals surface area (Å²) in [7, 11) is 0. The molecule has 1 aliphatic rings. The fraction of sp³-hybridized carbons (Fsp3) is 0.423. The summed E-state index contributed by atoms with van der Waals surface area (Å²) < 4.78 is 10.5. The van der Waals surface area contributed by atoms with Crippen molar-refractivity contribution in [2.75, 3.05) is 5.32 Å². The number of rotatable bonds is 9. The molecular formula is C26H31N5O5. The number of amides is 3. The fourth-order valence-corrected chi connectivity index (χ4v) is 4.44. The highest BCUT2D eigenvalue weighted by atomic mass is 16.5. The first kappa shape index (κ1) is 25.2. The lowest BCUT2D eigenvalue weighted by molar-refractivity contribution is -0.122. The molecule has 1 aromatic carbocycles. The minimum absolute atomic E-state index is 0.115. The first-order valence-corrected chi connectivity index (χ1v) is 12.3. The van der Waals surface area contributed by atoms with Crippen LogP contribution in [-0.4, -0.2) is 27.9 Å². The van der Waals surface area contributed by atoms with Gasteiger partial charge in [-0.05, 0) is 42.7 Å². The van der Waals surface area contributed by atoms with Crippen molar-refractivity contribution in [3.63, 3.8) is 0 Å². The van der Waals surface area contributed by atoms with Crippen LogP contribution in [0.1, 0.15) is 79.7 Å². The molecule has 3 aromatic rings. The monoisotopic (exact) mass is 493 g/mol. The molecule has 0 aliphatic heterocycles. The van der Waals surface area contributed by atoms with Crippen molar-refractivity contribution in [3.05, 3.63) is 65.7 Å². The van der Waals surface area contributed by atoms with Crippen LogP contribution in [0.3, 0.4) is 0 Å². The lowest BCUT2D eigenvalue weighted by Gasteiger charge is -2.30. The van der Waals surface area contributed by atoms with Crippen molar-refractivity contribution in [2.24, 2.45) is 0 Å². The van der Waals surface area contributed by atoms with Crippen molar-refractivity contribution >= 4 is 23.4 Å². The van der Waals surface area contributed by atoms with Gasteiger partial charge >= 0.3 is 0 Å². The molecule has 3 N–H and O–H groups in total. The third-order valence-corrected chi connectivity index (χ3v) is 6.28. The number of hydrogen-bond acceptors (Lipinski definition) is 7. The average molecular weight is 494 g/mol. The van der Waals surface area contributed by atoms with Gasteiger partial charge in [0, 0.05) is 32.0 Å². The van der Waals surface area contributed by atoms with Crippen LogP contribution in [0.5, 0.6) is 0 Å². The van der Waals surface area contributed by atoms with Crippen LogP contribution in [0, 0.1) is 0 Å². The van der Waals surface area contributed by atoms with Crippen LogP contribution in [0.15, 0.2) is 51.6 Å². The Morgan fingerprint density at radius 3 is 2.44 bits per heavy atom. The number of carbonyl (C=O) groups excluding carboxylic acids is 3. The van der Waals surface area contributed by atoms with E-state index in [0.717, 1.165) is 44.1 Å². The summed E-state index contributed by atoms with van der Waals surface area (Å²) in [5.41, 5.74) is 0.921. The van der Waals surface area contributed by atoms with Crippen LogP contribution in [0.4, 0.5) is 5.69 Å². The lowest BCUT2D eigenvalue weighted by atomic mass is 9.89. The number of nitrogens with zero attached hydrogens (tertiary/aromatic N) is 2. The van der Waals surface area contributed by atoms with Crippen LogP contribution >= 0.6 is 0 Å². The van der Waals surface area contributed by atoms with Gasteiger partial charge in [0.1, 0.15) is 5.54 Å². The van der Waals surface area contributed by atoms with Gasteiger partial charge in [0.2, 0.25) is 17.7 Å². The molecule has 190 valence electrons. The van der Waals surface area contributed by atoms with E-state index < -0.39 is 5.54 Å². The van der Waals surface area contributed by atoms with E-state index in [-0.39, 0.29) is 29.9 Å². The smallest absolute Gasteiger partial charge is 0.291 e. The highest BCUT2D eigenvalue weighted by Crippen LogP contribution is 2.34. The molecule has 1 aliphatic carbocycles.